The molecule has 7 heteroatoms. The van der Waals surface area contributed by atoms with Crippen molar-refractivity contribution in [1.82, 2.24) is 19.8 Å². The Labute approximate surface area is 164 Å². The Kier molecular flexibility index (Phi) is 5.02. The maximum absolute atomic E-state index is 12.9. The van der Waals surface area contributed by atoms with Gasteiger partial charge in [-0.3, -0.25) is 9.69 Å². The lowest BCUT2D eigenvalue weighted by atomic mass is 10.1. The van der Waals surface area contributed by atoms with Gasteiger partial charge in [-0.05, 0) is 43.5 Å². The molecule has 1 amide bonds. The molecule has 0 spiro atoms. The second kappa shape index (κ2) is 7.44. The quantitative estimate of drug-likeness (QED) is 0.856. The van der Waals surface area contributed by atoms with Gasteiger partial charge in [-0.25, -0.2) is 9.97 Å². The van der Waals surface area contributed by atoms with Gasteiger partial charge >= 0.3 is 0 Å². The molecule has 1 aliphatic carbocycles. The minimum absolute atomic E-state index is 0.0752. The van der Waals surface area contributed by atoms with E-state index in [-0.39, 0.29) is 17.7 Å². The van der Waals surface area contributed by atoms with Gasteiger partial charge in [-0.1, -0.05) is 29.8 Å². The van der Waals surface area contributed by atoms with Crippen LogP contribution in [0.3, 0.4) is 0 Å². The number of hydrogen-bond acceptors (Lipinski definition) is 5. The lowest BCUT2D eigenvalue weighted by Gasteiger charge is -2.24. The molecule has 27 heavy (non-hydrogen) atoms. The summed E-state index contributed by atoms with van der Waals surface area (Å²) in [6.07, 6.45) is 3.54. The summed E-state index contributed by atoms with van der Waals surface area (Å²) in [6, 6.07) is 9.85. The summed E-state index contributed by atoms with van der Waals surface area (Å²) in [7, 11) is 2.05. The highest BCUT2D eigenvalue weighted by Crippen LogP contribution is 2.50. The predicted molar refractivity (Wildman–Crippen MR) is 105 cm³/mol. The summed E-state index contributed by atoms with van der Waals surface area (Å²) < 4.78 is 0. The van der Waals surface area contributed by atoms with Crippen LogP contribution in [0.2, 0.25) is 5.02 Å². The Morgan fingerprint density at radius 1 is 1.37 bits per heavy atom. The van der Waals surface area contributed by atoms with Crippen LogP contribution in [0.4, 0.5) is 5.82 Å². The molecule has 1 saturated carbocycles. The molecule has 1 aliphatic heterocycles. The molecule has 1 aromatic heterocycles. The van der Waals surface area contributed by atoms with E-state index in [4.69, 9.17) is 17.3 Å². The third-order valence-electron chi connectivity index (χ3n) is 5.63. The first-order valence-corrected chi connectivity index (χ1v) is 9.71. The van der Waals surface area contributed by atoms with Gasteiger partial charge in [0.1, 0.15) is 11.6 Å². The highest BCUT2D eigenvalue weighted by atomic mass is 35.5. The van der Waals surface area contributed by atoms with Crippen molar-refractivity contribution in [3.8, 4) is 0 Å². The average molecular weight is 386 g/mol. The maximum Gasteiger partial charge on any atom is 0.226 e. The van der Waals surface area contributed by atoms with Crippen molar-refractivity contribution in [2.75, 3.05) is 25.9 Å². The van der Waals surface area contributed by atoms with E-state index in [1.165, 1.54) is 0 Å². The van der Waals surface area contributed by atoms with Crippen molar-refractivity contribution in [2.45, 2.75) is 31.3 Å². The second-order valence-corrected chi connectivity index (χ2v) is 7.92. The molecule has 2 heterocycles. The average Bonchev–Trinajstić information content (AvgIpc) is 3.28. The molecule has 0 bridgehead atoms. The van der Waals surface area contributed by atoms with Crippen LogP contribution < -0.4 is 5.73 Å². The van der Waals surface area contributed by atoms with Crippen LogP contribution in [0, 0.1) is 5.92 Å². The molecule has 1 saturated heterocycles. The number of benzene rings is 1. The molecule has 2 aliphatic rings. The fourth-order valence-corrected chi connectivity index (χ4v) is 4.24. The third-order valence-corrected chi connectivity index (χ3v) is 5.97. The molecule has 2 aromatic rings. The Hall–Kier alpha value is -2.18. The number of nitrogens with zero attached hydrogens (tertiary/aromatic N) is 4. The number of nitrogens with two attached hydrogens (primary N) is 1. The van der Waals surface area contributed by atoms with Crippen LogP contribution in [0.1, 0.15) is 30.1 Å². The lowest BCUT2D eigenvalue weighted by molar-refractivity contribution is -0.131. The number of likely N-dealkylation sites (tertiary alicyclic amines) is 1. The van der Waals surface area contributed by atoms with Gasteiger partial charge in [-0.15, -0.1) is 0 Å². The van der Waals surface area contributed by atoms with E-state index in [0.29, 0.717) is 24.2 Å². The van der Waals surface area contributed by atoms with Crippen LogP contribution >= 0.6 is 11.6 Å². The topological polar surface area (TPSA) is 75.4 Å². The Balaban J connectivity index is 1.33. The van der Waals surface area contributed by atoms with Gasteiger partial charge in [0, 0.05) is 36.3 Å². The fourth-order valence-electron chi connectivity index (χ4n) is 3.97. The van der Waals surface area contributed by atoms with E-state index in [1.807, 2.05) is 29.2 Å². The molecular formula is C20H24ClN5O. The van der Waals surface area contributed by atoms with Crippen molar-refractivity contribution in [3.63, 3.8) is 0 Å². The second-order valence-electron chi connectivity index (χ2n) is 7.51. The van der Waals surface area contributed by atoms with Gasteiger partial charge in [-0.2, -0.15) is 0 Å². The maximum atomic E-state index is 12.9. The number of likely N-dealkylation sites (N-methyl/N-ethyl adjacent to an activating group) is 1. The smallest absolute Gasteiger partial charge is 0.226 e. The standard InChI is InChI=1S/C20H24ClN5O/c1-25(12-19-23-8-6-18(22)24-19)13-7-9-26(11-13)20(27)16-10-15(16)14-4-2-3-5-17(14)21/h2-6,8,13,15-16H,7,9-12H2,1H3,(H2,22,23,24)/t13-,15+,16+/m1/s1. The van der Waals surface area contributed by atoms with E-state index in [1.54, 1.807) is 12.3 Å². The number of aromatic nitrogens is 2. The molecule has 6 nitrogen and oxygen atoms in total. The van der Waals surface area contributed by atoms with Gasteiger partial charge < -0.3 is 10.6 Å². The van der Waals surface area contributed by atoms with Gasteiger partial charge in [0.2, 0.25) is 5.91 Å². The van der Waals surface area contributed by atoms with E-state index < -0.39 is 0 Å². The Morgan fingerprint density at radius 3 is 2.96 bits per heavy atom. The van der Waals surface area contributed by atoms with Crippen LogP contribution in [0.5, 0.6) is 0 Å². The highest BCUT2D eigenvalue weighted by Gasteiger charge is 2.47. The molecule has 0 unspecified atom stereocenters. The monoisotopic (exact) mass is 385 g/mol. The Morgan fingerprint density at radius 2 is 2.19 bits per heavy atom. The molecule has 4 rings (SSSR count). The number of amides is 1. The summed E-state index contributed by atoms with van der Waals surface area (Å²) in [6.45, 7) is 2.18. The molecule has 2 N–H and O–H groups in total. The zero-order chi connectivity index (χ0) is 19.0. The van der Waals surface area contributed by atoms with E-state index in [0.717, 1.165) is 36.5 Å². The first-order valence-electron chi connectivity index (χ1n) is 9.34. The summed E-state index contributed by atoms with van der Waals surface area (Å²) in [5.74, 6) is 1.80. The number of anilines is 1. The molecule has 2 fully saturated rings. The largest absolute Gasteiger partial charge is 0.384 e. The number of nitrogen functional groups attached to an aromatic ring is 1. The minimum Gasteiger partial charge on any atom is -0.384 e. The fraction of sp³-hybridized carbons (Fsp3) is 0.450. The molecule has 3 atom stereocenters. The SMILES string of the molecule is CN(Cc1nccc(N)n1)[C@@H]1CCN(C(=O)[C@H]2C[C@H]2c2ccccc2Cl)C1. The Bertz CT molecular complexity index is 845. The number of carbonyl (C=O) groups is 1. The lowest BCUT2D eigenvalue weighted by Crippen LogP contribution is -2.37. The highest BCUT2D eigenvalue weighted by molar-refractivity contribution is 6.31. The predicted octanol–water partition coefficient (Wildman–Crippen LogP) is 2.55. The molecule has 1 aromatic carbocycles. The summed E-state index contributed by atoms with van der Waals surface area (Å²) >= 11 is 6.29. The third kappa shape index (κ3) is 3.92. The van der Waals surface area contributed by atoms with E-state index in [2.05, 4.69) is 21.9 Å². The number of carbonyl (C=O) groups excluding carboxylic acids is 1. The zero-order valence-corrected chi connectivity index (χ0v) is 16.1. The molecule has 0 radical (unpaired) electrons. The van der Waals surface area contributed by atoms with Gasteiger partial charge in [0.25, 0.3) is 0 Å². The van der Waals surface area contributed by atoms with Gasteiger partial charge in [0.05, 0.1) is 6.54 Å². The first kappa shape index (κ1) is 18.2. The number of halogens is 1. The van der Waals surface area contributed by atoms with Gasteiger partial charge in [0.15, 0.2) is 0 Å². The van der Waals surface area contributed by atoms with Crippen molar-refractivity contribution >= 4 is 23.3 Å². The normalized spacial score (nSPS) is 24.4. The summed E-state index contributed by atoms with van der Waals surface area (Å²) in [5, 5.41) is 0.763. The van der Waals surface area contributed by atoms with Crippen molar-refractivity contribution in [1.29, 1.82) is 0 Å². The molecular weight excluding hydrogens is 362 g/mol. The van der Waals surface area contributed by atoms with Crippen LogP contribution in [0.15, 0.2) is 36.5 Å². The number of rotatable bonds is 5. The number of hydrogen-bond donors (Lipinski definition) is 1. The zero-order valence-electron chi connectivity index (χ0n) is 15.4. The molecule has 142 valence electrons. The van der Waals surface area contributed by atoms with Crippen molar-refractivity contribution < 1.29 is 4.79 Å². The summed E-state index contributed by atoms with van der Waals surface area (Å²) in [5.41, 5.74) is 6.83. The summed E-state index contributed by atoms with van der Waals surface area (Å²) in [4.78, 5) is 25.6. The minimum atomic E-state index is 0.0752. The first-order chi connectivity index (χ1) is 13.0. The van der Waals surface area contributed by atoms with Crippen LogP contribution in [0.25, 0.3) is 0 Å². The van der Waals surface area contributed by atoms with Crippen molar-refractivity contribution in [3.05, 3.63) is 52.9 Å². The van der Waals surface area contributed by atoms with Crippen LogP contribution in [-0.4, -0.2) is 51.9 Å². The van der Waals surface area contributed by atoms with E-state index >= 15 is 0 Å². The van der Waals surface area contributed by atoms with Crippen LogP contribution in [-0.2, 0) is 11.3 Å². The van der Waals surface area contributed by atoms with E-state index in [9.17, 15) is 4.79 Å². The van der Waals surface area contributed by atoms with Crippen molar-refractivity contribution in [2.24, 2.45) is 5.92 Å².